The van der Waals surface area contributed by atoms with E-state index in [4.69, 9.17) is 11.8 Å². The van der Waals surface area contributed by atoms with Crippen molar-refractivity contribution in [3.05, 3.63) is 62.6 Å². The average Bonchev–Trinajstić information content (AvgIpc) is 3.06. The van der Waals surface area contributed by atoms with Gasteiger partial charge in [-0.3, -0.25) is 14.8 Å². The number of thiophene rings is 1. The normalized spacial score (nSPS) is 15.1. The highest BCUT2D eigenvalue weighted by Crippen LogP contribution is 2.39. The lowest BCUT2D eigenvalue weighted by Gasteiger charge is -2.38. The zero-order chi connectivity index (χ0) is 18.9. The summed E-state index contributed by atoms with van der Waals surface area (Å²) in [4.78, 5) is 31.1. The highest BCUT2D eigenvalue weighted by atomic mass is 32.1. The molecule has 26 heavy (non-hydrogen) atoms. The number of hydrogen-bond acceptors (Lipinski definition) is 4. The molecule has 2 N–H and O–H groups in total. The summed E-state index contributed by atoms with van der Waals surface area (Å²) >= 11 is 1.36. The molecular formula is C19H19N3O3S. The van der Waals surface area contributed by atoms with E-state index in [-0.39, 0.29) is 17.7 Å². The van der Waals surface area contributed by atoms with Crippen LogP contribution < -0.4 is 5.48 Å². The van der Waals surface area contributed by atoms with E-state index in [9.17, 15) is 9.59 Å². The van der Waals surface area contributed by atoms with Crippen molar-refractivity contribution in [2.75, 3.05) is 6.54 Å². The molecule has 0 spiro atoms. The van der Waals surface area contributed by atoms with E-state index < -0.39 is 5.91 Å². The number of carbonyl (C=O) groups excluding carboxylic acids is 2. The van der Waals surface area contributed by atoms with E-state index in [0.717, 1.165) is 16.0 Å². The summed E-state index contributed by atoms with van der Waals surface area (Å²) in [7, 11) is 0. The number of nitrogens with one attached hydrogen (secondary N) is 1. The molecule has 0 saturated carbocycles. The first-order valence-corrected chi connectivity index (χ1v) is 8.97. The molecule has 2 aromatic rings. The molecule has 2 heterocycles. The number of fused-ring (bicyclic) bond motifs is 1. The van der Waals surface area contributed by atoms with Gasteiger partial charge in [0.2, 0.25) is 5.91 Å². The molecule has 0 bridgehead atoms. The van der Waals surface area contributed by atoms with Crippen LogP contribution in [-0.4, -0.2) is 28.5 Å². The average molecular weight is 369 g/mol. The Balaban J connectivity index is 1.79. The summed E-state index contributed by atoms with van der Waals surface area (Å²) in [5.41, 5.74) is 3.77. The molecule has 1 aromatic heterocycles. The number of hydrogen-bond donors (Lipinski definition) is 2. The Morgan fingerprint density at radius 2 is 2.04 bits per heavy atom. The van der Waals surface area contributed by atoms with Crippen LogP contribution in [0.3, 0.4) is 0 Å². The Morgan fingerprint density at radius 3 is 2.65 bits per heavy atom. The molecule has 1 aliphatic rings. The molecular weight excluding hydrogens is 350 g/mol. The first-order valence-electron chi connectivity index (χ1n) is 8.16. The van der Waals surface area contributed by atoms with Gasteiger partial charge in [-0.15, -0.1) is 11.3 Å². The summed E-state index contributed by atoms with van der Waals surface area (Å²) in [6.45, 7) is 12.1. The van der Waals surface area contributed by atoms with E-state index in [2.05, 4.69) is 4.85 Å². The lowest BCUT2D eigenvalue weighted by atomic mass is 9.85. The quantitative estimate of drug-likeness (QED) is 0.495. The third-order valence-electron chi connectivity index (χ3n) is 4.47. The van der Waals surface area contributed by atoms with Gasteiger partial charge in [0.1, 0.15) is 0 Å². The Labute approximate surface area is 155 Å². The van der Waals surface area contributed by atoms with Gasteiger partial charge in [-0.1, -0.05) is 38.1 Å². The SMILES string of the molecule is [C-]#[N+]c1ccc(CC(=O)N2Cc3cc(C(=O)NO)sc3C(C)(C)C2)cc1. The fourth-order valence-electron chi connectivity index (χ4n) is 3.25. The minimum absolute atomic E-state index is 0.0126. The lowest BCUT2D eigenvalue weighted by molar-refractivity contribution is -0.132. The Hall–Kier alpha value is -2.69. The van der Waals surface area contributed by atoms with Crippen LogP contribution in [0.2, 0.25) is 0 Å². The molecule has 134 valence electrons. The number of amides is 2. The molecule has 2 amide bonds. The maximum Gasteiger partial charge on any atom is 0.284 e. The lowest BCUT2D eigenvalue weighted by Crippen LogP contribution is -2.44. The molecule has 1 aliphatic heterocycles. The third kappa shape index (κ3) is 3.47. The maximum atomic E-state index is 12.8. The fourth-order valence-corrected chi connectivity index (χ4v) is 4.40. The number of hydroxylamine groups is 1. The molecule has 3 rings (SSSR count). The van der Waals surface area contributed by atoms with Crippen LogP contribution in [0.25, 0.3) is 4.85 Å². The van der Waals surface area contributed by atoms with Crippen molar-refractivity contribution in [3.63, 3.8) is 0 Å². The van der Waals surface area contributed by atoms with E-state index in [1.54, 1.807) is 40.7 Å². The third-order valence-corrected chi connectivity index (χ3v) is 6.01. The predicted octanol–water partition coefficient (Wildman–Crippen LogP) is 3.28. The first-order chi connectivity index (χ1) is 12.3. The minimum atomic E-state index is -0.530. The maximum absolute atomic E-state index is 12.8. The highest BCUT2D eigenvalue weighted by Gasteiger charge is 2.36. The van der Waals surface area contributed by atoms with Crippen LogP contribution in [0.1, 0.15) is 39.5 Å². The topological polar surface area (TPSA) is 74.0 Å². The van der Waals surface area contributed by atoms with Crippen LogP contribution in [0, 0.1) is 6.57 Å². The van der Waals surface area contributed by atoms with E-state index >= 15 is 0 Å². The van der Waals surface area contributed by atoms with Gasteiger partial charge in [0.05, 0.1) is 17.9 Å². The van der Waals surface area contributed by atoms with Crippen molar-refractivity contribution >= 4 is 28.8 Å². The molecule has 0 unspecified atom stereocenters. The van der Waals surface area contributed by atoms with Gasteiger partial charge in [0.25, 0.3) is 5.91 Å². The summed E-state index contributed by atoms with van der Waals surface area (Å²) in [5.74, 6) is -0.517. The Bertz CT molecular complexity index is 894. The molecule has 7 heteroatoms. The van der Waals surface area contributed by atoms with Gasteiger partial charge in [-0.05, 0) is 17.2 Å². The van der Waals surface area contributed by atoms with Crippen LogP contribution in [0.5, 0.6) is 0 Å². The van der Waals surface area contributed by atoms with Crippen molar-refractivity contribution < 1.29 is 14.8 Å². The number of nitrogens with zero attached hydrogens (tertiary/aromatic N) is 2. The molecule has 0 radical (unpaired) electrons. The summed E-state index contributed by atoms with van der Waals surface area (Å²) in [6, 6.07) is 8.79. The van der Waals surface area contributed by atoms with Gasteiger partial charge in [0.15, 0.2) is 5.69 Å². The molecule has 0 atom stereocenters. The highest BCUT2D eigenvalue weighted by molar-refractivity contribution is 7.14. The van der Waals surface area contributed by atoms with E-state index in [1.165, 1.54) is 11.3 Å². The second-order valence-electron chi connectivity index (χ2n) is 6.99. The van der Waals surface area contributed by atoms with Crippen LogP contribution >= 0.6 is 11.3 Å². The van der Waals surface area contributed by atoms with Gasteiger partial charge in [-0.25, -0.2) is 10.3 Å². The standard InChI is InChI=1S/C19H19N3O3S/c1-19(2)11-22(10-13-9-15(18(24)21-25)26-17(13)19)16(23)8-12-4-6-14(20-3)7-5-12/h4-7,9,25H,8,10-11H2,1-2H3,(H,21,24). The van der Waals surface area contributed by atoms with Gasteiger partial charge in [0, 0.05) is 23.4 Å². The van der Waals surface area contributed by atoms with E-state index in [1.807, 2.05) is 13.8 Å². The molecule has 0 fully saturated rings. The monoisotopic (exact) mass is 369 g/mol. The summed E-state index contributed by atoms with van der Waals surface area (Å²) in [6.07, 6.45) is 0.276. The zero-order valence-corrected chi connectivity index (χ0v) is 15.4. The van der Waals surface area contributed by atoms with Crippen LogP contribution in [-0.2, 0) is 23.2 Å². The largest absolute Gasteiger partial charge is 0.337 e. The summed E-state index contributed by atoms with van der Waals surface area (Å²) in [5, 5.41) is 8.85. The number of rotatable bonds is 3. The predicted molar refractivity (Wildman–Crippen MR) is 98.4 cm³/mol. The Morgan fingerprint density at radius 1 is 1.35 bits per heavy atom. The van der Waals surface area contributed by atoms with Crippen molar-refractivity contribution in [1.82, 2.24) is 10.4 Å². The Kier molecular flexibility index (Phi) is 4.81. The van der Waals surface area contributed by atoms with Crippen molar-refractivity contribution in [3.8, 4) is 0 Å². The first kappa shape index (κ1) is 18.1. The molecule has 0 saturated heterocycles. The van der Waals surface area contributed by atoms with Gasteiger partial charge in [-0.2, -0.15) is 0 Å². The molecule has 1 aromatic carbocycles. The van der Waals surface area contributed by atoms with E-state index in [0.29, 0.717) is 23.7 Å². The van der Waals surface area contributed by atoms with Crippen LogP contribution in [0.4, 0.5) is 5.69 Å². The smallest absolute Gasteiger partial charge is 0.284 e. The second-order valence-corrected chi connectivity index (χ2v) is 8.05. The fraction of sp³-hybridized carbons (Fsp3) is 0.316. The molecule has 6 nitrogen and oxygen atoms in total. The second kappa shape index (κ2) is 6.90. The van der Waals surface area contributed by atoms with Crippen molar-refractivity contribution in [2.45, 2.75) is 32.2 Å². The van der Waals surface area contributed by atoms with Crippen molar-refractivity contribution in [1.29, 1.82) is 0 Å². The van der Waals surface area contributed by atoms with Crippen molar-refractivity contribution in [2.24, 2.45) is 0 Å². The number of carbonyl (C=O) groups is 2. The van der Waals surface area contributed by atoms with Gasteiger partial charge < -0.3 is 4.90 Å². The zero-order valence-electron chi connectivity index (χ0n) is 14.6. The molecule has 0 aliphatic carbocycles. The summed E-state index contributed by atoms with van der Waals surface area (Å²) < 4.78 is 0. The van der Waals surface area contributed by atoms with Crippen LogP contribution in [0.15, 0.2) is 30.3 Å². The van der Waals surface area contributed by atoms with Gasteiger partial charge >= 0.3 is 0 Å². The number of benzene rings is 1. The minimum Gasteiger partial charge on any atom is -0.337 e.